The number of benzene rings is 1. The van der Waals surface area contributed by atoms with Crippen LogP contribution in [0.4, 0.5) is 0 Å². The molecule has 0 fully saturated rings. The highest BCUT2D eigenvalue weighted by Crippen LogP contribution is 2.34. The van der Waals surface area contributed by atoms with Crippen LogP contribution in [-0.4, -0.2) is 16.0 Å². The van der Waals surface area contributed by atoms with Gasteiger partial charge in [0.05, 0.1) is 0 Å². The molecule has 0 unspecified atom stereocenters. The molecule has 20 heavy (non-hydrogen) atoms. The Morgan fingerprint density at radius 2 is 2.10 bits per heavy atom. The molecule has 0 saturated carbocycles. The van der Waals surface area contributed by atoms with Crippen molar-refractivity contribution in [2.45, 2.75) is 18.6 Å². The van der Waals surface area contributed by atoms with E-state index >= 15 is 0 Å². The van der Waals surface area contributed by atoms with Gasteiger partial charge in [0.2, 0.25) is 0 Å². The summed E-state index contributed by atoms with van der Waals surface area (Å²) in [5.41, 5.74) is 0.802. The molecule has 0 bridgehead atoms. The Hall–Kier alpha value is -0.920. The Labute approximate surface area is 132 Å². The van der Waals surface area contributed by atoms with Crippen molar-refractivity contribution >= 4 is 48.5 Å². The van der Waals surface area contributed by atoms with Crippen molar-refractivity contribution in [3.05, 3.63) is 28.7 Å². The zero-order valence-electron chi connectivity index (χ0n) is 10.6. The number of halogens is 1. The van der Waals surface area contributed by atoms with Crippen LogP contribution in [0.5, 0.6) is 0 Å². The van der Waals surface area contributed by atoms with Gasteiger partial charge in [0.1, 0.15) is 5.58 Å². The second-order valence-corrected chi connectivity index (χ2v) is 7.35. The molecule has 4 nitrogen and oxygen atoms in total. The lowest BCUT2D eigenvalue weighted by Crippen LogP contribution is -1.72. The van der Waals surface area contributed by atoms with Crippen molar-refractivity contribution in [2.75, 3.05) is 5.75 Å². The summed E-state index contributed by atoms with van der Waals surface area (Å²) in [6, 6.07) is 7.74. The summed E-state index contributed by atoms with van der Waals surface area (Å²) in [6.07, 6.45) is 1.12. The molecule has 0 atom stereocenters. The zero-order chi connectivity index (χ0) is 13.9. The third-order valence-electron chi connectivity index (χ3n) is 2.51. The smallest absolute Gasteiger partial charge is 0.287 e. The number of furan rings is 1. The van der Waals surface area contributed by atoms with Gasteiger partial charge >= 0.3 is 0 Å². The molecule has 0 aliphatic rings. The minimum atomic E-state index is 0.414. The van der Waals surface area contributed by atoms with Gasteiger partial charge in [0, 0.05) is 26.4 Å². The van der Waals surface area contributed by atoms with Gasteiger partial charge in [-0.15, -0.1) is 5.10 Å². The van der Waals surface area contributed by atoms with Gasteiger partial charge in [-0.1, -0.05) is 38.7 Å². The molecule has 3 rings (SSSR count). The topological polar surface area (TPSA) is 52.1 Å². The van der Waals surface area contributed by atoms with Crippen LogP contribution in [0.25, 0.3) is 22.6 Å². The van der Waals surface area contributed by atoms with E-state index in [2.05, 4.69) is 33.1 Å². The summed E-state index contributed by atoms with van der Waals surface area (Å²) in [5, 5.41) is 9.59. The first kappa shape index (κ1) is 14.0. The van der Waals surface area contributed by atoms with Crippen molar-refractivity contribution in [2.24, 2.45) is 0 Å². The lowest BCUT2D eigenvalue weighted by molar-refractivity contribution is 0.453. The highest BCUT2D eigenvalue weighted by atomic mass is 79.9. The SMILES string of the molecule is CCCSSc1nnc(-c2cc3cc(Br)ccc3o2)o1. The fraction of sp³-hybridized carbons (Fsp3) is 0.231. The van der Waals surface area contributed by atoms with Gasteiger partial charge in [-0.25, -0.2) is 0 Å². The molecule has 0 spiro atoms. The van der Waals surface area contributed by atoms with Crippen LogP contribution in [0.2, 0.25) is 0 Å². The Kier molecular flexibility index (Phi) is 4.38. The molecule has 2 heterocycles. The highest BCUT2D eigenvalue weighted by molar-refractivity contribution is 9.10. The average molecular weight is 371 g/mol. The number of aromatic nitrogens is 2. The number of nitrogens with zero attached hydrogens (tertiary/aromatic N) is 2. The zero-order valence-corrected chi connectivity index (χ0v) is 13.8. The monoisotopic (exact) mass is 370 g/mol. The van der Waals surface area contributed by atoms with Crippen LogP contribution in [-0.2, 0) is 0 Å². The summed E-state index contributed by atoms with van der Waals surface area (Å²) in [5.74, 6) is 2.07. The molecule has 2 aromatic heterocycles. The Balaban J connectivity index is 1.83. The third-order valence-corrected chi connectivity index (χ3v) is 5.29. The van der Waals surface area contributed by atoms with Gasteiger partial charge in [0.15, 0.2) is 5.76 Å². The highest BCUT2D eigenvalue weighted by Gasteiger charge is 2.14. The van der Waals surface area contributed by atoms with Crippen molar-refractivity contribution in [3.8, 4) is 11.7 Å². The second-order valence-electron chi connectivity index (χ2n) is 4.07. The van der Waals surface area contributed by atoms with Gasteiger partial charge in [0.25, 0.3) is 11.1 Å². The molecular formula is C13H11BrN2O2S2. The van der Waals surface area contributed by atoms with E-state index in [0.717, 1.165) is 27.6 Å². The van der Waals surface area contributed by atoms with Crippen molar-refractivity contribution in [1.82, 2.24) is 10.2 Å². The maximum absolute atomic E-state index is 5.71. The van der Waals surface area contributed by atoms with Crippen molar-refractivity contribution in [1.29, 1.82) is 0 Å². The second kappa shape index (κ2) is 6.24. The molecule has 7 heteroatoms. The standard InChI is InChI=1S/C13H11BrN2O2S2/c1-2-5-19-20-13-16-15-12(18-13)11-7-8-6-9(14)3-4-10(8)17-11/h3-4,6-7H,2,5H2,1H3. The first-order valence-corrected chi connectivity index (χ1v) is 9.20. The van der Waals surface area contributed by atoms with E-state index in [0.29, 0.717) is 16.9 Å². The molecule has 0 N–H and O–H groups in total. The maximum Gasteiger partial charge on any atom is 0.287 e. The van der Waals surface area contributed by atoms with E-state index in [4.69, 9.17) is 8.83 Å². The Morgan fingerprint density at radius 1 is 1.20 bits per heavy atom. The first-order chi connectivity index (χ1) is 9.76. The lowest BCUT2D eigenvalue weighted by Gasteiger charge is -1.91. The van der Waals surface area contributed by atoms with E-state index in [9.17, 15) is 0 Å². The molecule has 3 aromatic rings. The van der Waals surface area contributed by atoms with Crippen molar-refractivity contribution < 1.29 is 8.83 Å². The van der Waals surface area contributed by atoms with Crippen LogP contribution >= 0.6 is 37.5 Å². The molecule has 104 valence electrons. The van der Waals surface area contributed by atoms with Gasteiger partial charge in [-0.2, -0.15) is 0 Å². The van der Waals surface area contributed by atoms with Crippen LogP contribution in [0.1, 0.15) is 13.3 Å². The Morgan fingerprint density at radius 3 is 2.95 bits per heavy atom. The average Bonchev–Trinajstić information content (AvgIpc) is 3.04. The summed E-state index contributed by atoms with van der Waals surface area (Å²) in [4.78, 5) is 0. The lowest BCUT2D eigenvalue weighted by atomic mass is 10.2. The Bertz CT molecular complexity index is 726. The number of hydrogen-bond donors (Lipinski definition) is 0. The maximum atomic E-state index is 5.71. The molecular weight excluding hydrogens is 360 g/mol. The normalized spacial score (nSPS) is 11.3. The van der Waals surface area contributed by atoms with Gasteiger partial charge in [-0.3, -0.25) is 0 Å². The fourth-order valence-electron chi connectivity index (χ4n) is 1.64. The first-order valence-electron chi connectivity index (χ1n) is 6.08. The quantitative estimate of drug-likeness (QED) is 0.442. The van der Waals surface area contributed by atoms with E-state index in [1.54, 1.807) is 10.8 Å². The molecule has 0 amide bonds. The summed E-state index contributed by atoms with van der Waals surface area (Å²) < 4.78 is 12.3. The minimum absolute atomic E-state index is 0.414. The van der Waals surface area contributed by atoms with Crippen LogP contribution in [0.15, 0.2) is 42.8 Å². The number of hydrogen-bond acceptors (Lipinski definition) is 6. The van der Waals surface area contributed by atoms with E-state index < -0.39 is 0 Å². The molecule has 0 aliphatic carbocycles. The number of fused-ring (bicyclic) bond motifs is 1. The predicted molar refractivity (Wildman–Crippen MR) is 85.8 cm³/mol. The molecule has 0 aliphatic heterocycles. The fourth-order valence-corrected chi connectivity index (χ4v) is 3.81. The van der Waals surface area contributed by atoms with Gasteiger partial charge in [-0.05, 0) is 30.7 Å². The van der Waals surface area contributed by atoms with Crippen LogP contribution in [0.3, 0.4) is 0 Å². The van der Waals surface area contributed by atoms with Crippen LogP contribution < -0.4 is 0 Å². The summed E-state index contributed by atoms with van der Waals surface area (Å²) in [7, 11) is 3.20. The molecule has 1 aromatic carbocycles. The molecule has 0 radical (unpaired) electrons. The van der Waals surface area contributed by atoms with Gasteiger partial charge < -0.3 is 8.83 Å². The van der Waals surface area contributed by atoms with E-state index in [1.807, 2.05) is 24.3 Å². The minimum Gasteiger partial charge on any atom is -0.451 e. The summed E-state index contributed by atoms with van der Waals surface area (Å²) >= 11 is 3.44. The molecule has 0 saturated heterocycles. The largest absolute Gasteiger partial charge is 0.451 e. The van der Waals surface area contributed by atoms with Crippen LogP contribution in [0, 0.1) is 0 Å². The van der Waals surface area contributed by atoms with E-state index in [-0.39, 0.29) is 0 Å². The van der Waals surface area contributed by atoms with Crippen molar-refractivity contribution in [3.63, 3.8) is 0 Å². The predicted octanol–water partition coefficient (Wildman–Crippen LogP) is 5.40. The number of rotatable bonds is 5. The third kappa shape index (κ3) is 3.05. The summed E-state index contributed by atoms with van der Waals surface area (Å²) in [6.45, 7) is 2.14. The van der Waals surface area contributed by atoms with E-state index in [1.165, 1.54) is 10.8 Å².